The topological polar surface area (TPSA) is 9.23 Å². The third-order valence-corrected chi connectivity index (χ3v) is 5.53. The van der Waals surface area contributed by atoms with E-state index in [9.17, 15) is 0 Å². The van der Waals surface area contributed by atoms with Crippen molar-refractivity contribution in [1.29, 1.82) is 0 Å². The highest BCUT2D eigenvalue weighted by atomic mass is 16.5. The molecule has 3 rings (SSSR count). The second-order valence-corrected chi connectivity index (χ2v) is 7.48. The Balaban J connectivity index is 1.91. The van der Waals surface area contributed by atoms with E-state index < -0.39 is 0 Å². The second kappa shape index (κ2) is 9.19. The van der Waals surface area contributed by atoms with Gasteiger partial charge >= 0.3 is 0 Å². The van der Waals surface area contributed by atoms with Crippen LogP contribution in [-0.2, 0) is 4.74 Å². The highest BCUT2D eigenvalue weighted by Crippen LogP contribution is 2.47. The van der Waals surface area contributed by atoms with E-state index in [4.69, 9.17) is 4.74 Å². The molecule has 138 valence electrons. The molecule has 0 N–H and O–H groups in total. The van der Waals surface area contributed by atoms with E-state index in [0.29, 0.717) is 0 Å². The number of benzene rings is 2. The SMILES string of the molecule is CCCC/C(=C/c1ccccc1)C1(CCC)CCC(c2ccccc2)O1. The van der Waals surface area contributed by atoms with Gasteiger partial charge in [0.05, 0.1) is 11.7 Å². The summed E-state index contributed by atoms with van der Waals surface area (Å²) in [6.45, 7) is 4.55. The van der Waals surface area contributed by atoms with Gasteiger partial charge in [0.2, 0.25) is 0 Å². The molecule has 0 bridgehead atoms. The highest BCUT2D eigenvalue weighted by molar-refractivity contribution is 5.55. The largest absolute Gasteiger partial charge is 0.363 e. The highest BCUT2D eigenvalue weighted by Gasteiger charge is 2.42. The molecule has 0 amide bonds. The first-order valence-electron chi connectivity index (χ1n) is 10.3. The quantitative estimate of drug-likeness (QED) is 0.484. The average Bonchev–Trinajstić information content (AvgIpc) is 3.12. The van der Waals surface area contributed by atoms with Crippen molar-refractivity contribution in [2.24, 2.45) is 0 Å². The third kappa shape index (κ3) is 4.45. The first kappa shape index (κ1) is 18.9. The molecule has 1 aliphatic heterocycles. The lowest BCUT2D eigenvalue weighted by atomic mass is 9.82. The summed E-state index contributed by atoms with van der Waals surface area (Å²) in [6.07, 6.45) is 10.7. The Morgan fingerprint density at radius 2 is 1.69 bits per heavy atom. The molecule has 1 saturated heterocycles. The first-order valence-corrected chi connectivity index (χ1v) is 10.3. The van der Waals surface area contributed by atoms with Crippen LogP contribution in [0.1, 0.15) is 76.0 Å². The maximum Gasteiger partial charge on any atom is 0.0904 e. The Morgan fingerprint density at radius 1 is 1.00 bits per heavy atom. The molecule has 1 heterocycles. The van der Waals surface area contributed by atoms with E-state index in [-0.39, 0.29) is 11.7 Å². The van der Waals surface area contributed by atoms with Crippen LogP contribution in [0.3, 0.4) is 0 Å². The van der Waals surface area contributed by atoms with Gasteiger partial charge in [0, 0.05) is 0 Å². The van der Waals surface area contributed by atoms with E-state index in [2.05, 4.69) is 80.6 Å². The summed E-state index contributed by atoms with van der Waals surface area (Å²) in [5.74, 6) is 0. The Morgan fingerprint density at radius 3 is 2.35 bits per heavy atom. The molecule has 2 aromatic rings. The monoisotopic (exact) mass is 348 g/mol. The smallest absolute Gasteiger partial charge is 0.0904 e. The summed E-state index contributed by atoms with van der Waals surface area (Å²) in [7, 11) is 0. The number of hydrogen-bond acceptors (Lipinski definition) is 1. The lowest BCUT2D eigenvalue weighted by molar-refractivity contribution is -0.0240. The maximum atomic E-state index is 6.84. The molecule has 1 fully saturated rings. The minimum absolute atomic E-state index is 0.0970. The van der Waals surface area contributed by atoms with E-state index >= 15 is 0 Å². The summed E-state index contributed by atoms with van der Waals surface area (Å²) in [4.78, 5) is 0. The normalized spacial score (nSPS) is 23.3. The van der Waals surface area contributed by atoms with Crippen LogP contribution in [0.5, 0.6) is 0 Å². The fourth-order valence-corrected chi connectivity index (χ4v) is 4.19. The zero-order valence-corrected chi connectivity index (χ0v) is 16.3. The summed E-state index contributed by atoms with van der Waals surface area (Å²) < 4.78 is 6.84. The van der Waals surface area contributed by atoms with Crippen LogP contribution in [0, 0.1) is 0 Å². The molecule has 2 unspecified atom stereocenters. The van der Waals surface area contributed by atoms with Crippen molar-refractivity contribution in [2.45, 2.75) is 70.5 Å². The summed E-state index contributed by atoms with van der Waals surface area (Å²) in [5.41, 5.74) is 4.01. The van der Waals surface area contributed by atoms with Crippen molar-refractivity contribution < 1.29 is 4.74 Å². The van der Waals surface area contributed by atoms with Gasteiger partial charge in [-0.05, 0) is 48.8 Å². The summed E-state index contributed by atoms with van der Waals surface area (Å²) >= 11 is 0. The molecular weight excluding hydrogens is 316 g/mol. The fraction of sp³-hybridized carbons (Fsp3) is 0.440. The van der Waals surface area contributed by atoms with Crippen LogP contribution in [0.2, 0.25) is 0 Å². The molecule has 26 heavy (non-hydrogen) atoms. The van der Waals surface area contributed by atoms with Crippen molar-refractivity contribution in [2.75, 3.05) is 0 Å². The predicted octanol–water partition coefficient (Wildman–Crippen LogP) is 7.35. The Hall–Kier alpha value is -1.86. The van der Waals surface area contributed by atoms with Crippen molar-refractivity contribution >= 4 is 6.08 Å². The van der Waals surface area contributed by atoms with Crippen LogP contribution in [0.25, 0.3) is 6.08 Å². The minimum atomic E-state index is -0.0970. The van der Waals surface area contributed by atoms with Crippen LogP contribution in [0.4, 0.5) is 0 Å². The van der Waals surface area contributed by atoms with Crippen molar-refractivity contribution in [3.8, 4) is 0 Å². The van der Waals surface area contributed by atoms with Gasteiger partial charge in [0.15, 0.2) is 0 Å². The second-order valence-electron chi connectivity index (χ2n) is 7.48. The van der Waals surface area contributed by atoms with E-state index in [1.165, 1.54) is 29.5 Å². The minimum Gasteiger partial charge on any atom is -0.363 e. The van der Waals surface area contributed by atoms with Gasteiger partial charge in [-0.25, -0.2) is 0 Å². The molecule has 0 saturated carbocycles. The number of hydrogen-bond donors (Lipinski definition) is 0. The van der Waals surface area contributed by atoms with Gasteiger partial charge in [0.1, 0.15) is 0 Å². The van der Waals surface area contributed by atoms with Crippen LogP contribution in [0.15, 0.2) is 66.2 Å². The molecule has 1 aliphatic rings. The van der Waals surface area contributed by atoms with Gasteiger partial charge in [-0.1, -0.05) is 93.4 Å². The number of rotatable bonds is 8. The standard InChI is InChI=1S/C25H32O/c1-3-5-16-23(20-21-12-8-6-9-13-21)25(18-4-2)19-17-24(26-25)22-14-10-7-11-15-22/h6-15,20,24H,3-5,16-19H2,1-2H3/b23-20-. The zero-order chi connectivity index (χ0) is 18.2. The molecule has 2 aromatic carbocycles. The van der Waals surface area contributed by atoms with Crippen molar-refractivity contribution in [1.82, 2.24) is 0 Å². The van der Waals surface area contributed by atoms with Crippen molar-refractivity contribution in [3.05, 3.63) is 77.4 Å². The van der Waals surface area contributed by atoms with Gasteiger partial charge in [-0.15, -0.1) is 0 Å². The number of unbranched alkanes of at least 4 members (excludes halogenated alkanes) is 1. The van der Waals surface area contributed by atoms with Crippen LogP contribution >= 0.6 is 0 Å². The van der Waals surface area contributed by atoms with Gasteiger partial charge < -0.3 is 4.74 Å². The first-order chi connectivity index (χ1) is 12.8. The van der Waals surface area contributed by atoms with Crippen molar-refractivity contribution in [3.63, 3.8) is 0 Å². The molecule has 0 spiro atoms. The van der Waals surface area contributed by atoms with E-state index in [0.717, 1.165) is 32.1 Å². The molecule has 0 aliphatic carbocycles. The molecular formula is C25H32O. The molecule has 1 nitrogen and oxygen atoms in total. The summed E-state index contributed by atoms with van der Waals surface area (Å²) in [5, 5.41) is 0. The molecule has 2 atom stereocenters. The Bertz CT molecular complexity index is 689. The van der Waals surface area contributed by atoms with Crippen LogP contribution in [-0.4, -0.2) is 5.60 Å². The van der Waals surface area contributed by atoms with Gasteiger partial charge in [-0.3, -0.25) is 0 Å². The molecule has 1 heteroatoms. The molecule has 0 aromatic heterocycles. The maximum absolute atomic E-state index is 6.84. The fourth-order valence-electron chi connectivity index (χ4n) is 4.19. The lowest BCUT2D eigenvalue weighted by Crippen LogP contribution is -2.30. The molecule has 0 radical (unpaired) electrons. The lowest BCUT2D eigenvalue weighted by Gasteiger charge is -2.33. The number of ether oxygens (including phenoxy) is 1. The van der Waals surface area contributed by atoms with E-state index in [1.54, 1.807) is 0 Å². The summed E-state index contributed by atoms with van der Waals surface area (Å²) in [6, 6.07) is 21.5. The van der Waals surface area contributed by atoms with Crippen LogP contribution < -0.4 is 0 Å². The zero-order valence-electron chi connectivity index (χ0n) is 16.3. The van der Waals surface area contributed by atoms with E-state index in [1.807, 2.05) is 0 Å². The predicted molar refractivity (Wildman–Crippen MR) is 111 cm³/mol. The van der Waals surface area contributed by atoms with Gasteiger partial charge in [0.25, 0.3) is 0 Å². The average molecular weight is 349 g/mol. The van der Waals surface area contributed by atoms with Gasteiger partial charge in [-0.2, -0.15) is 0 Å². The Kier molecular flexibility index (Phi) is 6.68. The Labute approximate surface area is 159 Å². The third-order valence-electron chi connectivity index (χ3n) is 5.53.